The summed E-state index contributed by atoms with van der Waals surface area (Å²) in [5, 5.41) is 1.38. The summed E-state index contributed by atoms with van der Waals surface area (Å²) in [6.07, 6.45) is 3.61. The van der Waals surface area contributed by atoms with Crippen LogP contribution in [0.15, 0.2) is 52.7 Å². The fraction of sp³-hybridized carbons (Fsp3) is 0.238. The average Bonchev–Trinajstić information content (AvgIpc) is 3.17. The summed E-state index contributed by atoms with van der Waals surface area (Å²) >= 11 is 7.38. The Bertz CT molecular complexity index is 1050. The Kier molecular flexibility index (Phi) is 5.08. The van der Waals surface area contributed by atoms with Gasteiger partial charge in [0.05, 0.1) is 11.4 Å². The number of ketones is 2. The molecule has 7 heteroatoms. The summed E-state index contributed by atoms with van der Waals surface area (Å²) in [5.74, 6) is -1.30. The highest BCUT2D eigenvalue weighted by Gasteiger charge is 2.40. The van der Waals surface area contributed by atoms with Crippen molar-refractivity contribution in [2.75, 3.05) is 0 Å². The van der Waals surface area contributed by atoms with E-state index >= 15 is 0 Å². The van der Waals surface area contributed by atoms with Crippen LogP contribution in [0.1, 0.15) is 29.3 Å². The van der Waals surface area contributed by atoms with Gasteiger partial charge in [0.25, 0.3) is 0 Å². The fourth-order valence-electron chi connectivity index (χ4n) is 3.29. The van der Waals surface area contributed by atoms with E-state index in [9.17, 15) is 14.0 Å². The number of aliphatic imine (C=N–C) groups is 1. The van der Waals surface area contributed by atoms with Crippen LogP contribution in [0, 0.1) is 6.92 Å². The molecule has 2 aromatic rings. The van der Waals surface area contributed by atoms with Crippen LogP contribution in [0.25, 0.3) is 10.6 Å². The molecule has 1 saturated carbocycles. The molecule has 1 aliphatic heterocycles. The first kappa shape index (κ1) is 18.9. The molecule has 0 N–H and O–H groups in total. The van der Waals surface area contributed by atoms with Gasteiger partial charge in [-0.15, -0.1) is 11.3 Å². The molecule has 1 aliphatic carbocycles. The molecular weight excluding hydrogens is 399 g/mol. The van der Waals surface area contributed by atoms with Crippen molar-refractivity contribution in [1.29, 1.82) is 0 Å². The molecule has 28 heavy (non-hydrogen) atoms. The fourth-order valence-corrected chi connectivity index (χ4v) is 4.37. The van der Waals surface area contributed by atoms with Gasteiger partial charge < -0.3 is 0 Å². The number of aryl methyl sites for hydroxylation is 1. The summed E-state index contributed by atoms with van der Waals surface area (Å²) in [5.41, 5.74) is 2.32. The minimum absolute atomic E-state index is 0.0443. The van der Waals surface area contributed by atoms with Gasteiger partial charge in [0.1, 0.15) is 17.1 Å². The summed E-state index contributed by atoms with van der Waals surface area (Å²) in [4.78, 5) is 34.9. The van der Waals surface area contributed by atoms with E-state index in [1.807, 2.05) is 19.1 Å². The van der Waals surface area contributed by atoms with Crippen molar-refractivity contribution in [2.45, 2.75) is 31.9 Å². The highest BCUT2D eigenvalue weighted by molar-refractivity contribution is 7.15. The van der Waals surface area contributed by atoms with Crippen LogP contribution in [0.3, 0.4) is 0 Å². The molecule has 0 amide bonds. The largest absolute Gasteiger partial charge is 0.298 e. The third-order valence-corrected chi connectivity index (χ3v) is 6.01. The number of rotatable bonds is 3. The standard InChI is InChI=1S/C21H16ClFN2O2S/c1-11-19(25-21(28-11)12-2-4-14(22)5-3-12)18-17(26)9-13(20(18)27)8-16-7-6-15(23)10-24-16/h2-5,7-8,10,15,18H,6,9H2,1H3/b13-8+. The second-order valence-electron chi connectivity index (χ2n) is 6.74. The Morgan fingerprint density at radius 2 is 2.00 bits per heavy atom. The normalized spacial score (nSPS) is 23.5. The van der Waals surface area contributed by atoms with Crippen molar-refractivity contribution in [1.82, 2.24) is 4.98 Å². The van der Waals surface area contributed by atoms with Crippen molar-refractivity contribution in [3.63, 3.8) is 0 Å². The number of carbonyl (C=O) groups is 2. The Morgan fingerprint density at radius 1 is 1.25 bits per heavy atom. The summed E-state index contributed by atoms with van der Waals surface area (Å²) < 4.78 is 13.2. The number of Topliss-reactive ketones (excluding diaryl/α,β-unsaturated/α-hetero) is 2. The Morgan fingerprint density at radius 3 is 2.68 bits per heavy atom. The second-order valence-corrected chi connectivity index (χ2v) is 8.38. The van der Waals surface area contributed by atoms with Crippen LogP contribution >= 0.6 is 22.9 Å². The number of benzene rings is 1. The molecule has 4 rings (SSSR count). The molecule has 2 atom stereocenters. The zero-order chi connectivity index (χ0) is 19.8. The van der Waals surface area contributed by atoms with E-state index in [0.717, 1.165) is 15.4 Å². The Hall–Kier alpha value is -2.44. The summed E-state index contributed by atoms with van der Waals surface area (Å²) in [6.45, 7) is 1.87. The first-order chi connectivity index (χ1) is 13.4. The van der Waals surface area contributed by atoms with Gasteiger partial charge in [0, 0.05) is 40.1 Å². The molecule has 1 aromatic carbocycles. The summed E-state index contributed by atoms with van der Waals surface area (Å²) in [6, 6.07) is 7.28. The molecule has 0 radical (unpaired) electrons. The van der Waals surface area contributed by atoms with Gasteiger partial charge >= 0.3 is 0 Å². The molecular formula is C21H16ClFN2O2S. The maximum Gasteiger partial charge on any atom is 0.175 e. The number of alkyl halides is 1. The quantitative estimate of drug-likeness (QED) is 0.523. The van der Waals surface area contributed by atoms with E-state index < -0.39 is 12.1 Å². The number of hydrogen-bond acceptors (Lipinski definition) is 5. The smallest absolute Gasteiger partial charge is 0.175 e. The third-order valence-electron chi connectivity index (χ3n) is 4.72. The number of aromatic nitrogens is 1. The van der Waals surface area contributed by atoms with Crippen molar-refractivity contribution in [3.05, 3.63) is 63.3 Å². The molecule has 0 saturated heterocycles. The van der Waals surface area contributed by atoms with Crippen LogP contribution in [-0.4, -0.2) is 28.9 Å². The first-order valence-corrected chi connectivity index (χ1v) is 10.0. The van der Waals surface area contributed by atoms with Gasteiger partial charge in [-0.1, -0.05) is 29.8 Å². The second kappa shape index (κ2) is 7.53. The number of halogens is 2. The predicted molar refractivity (Wildman–Crippen MR) is 109 cm³/mol. The van der Waals surface area contributed by atoms with Crippen LogP contribution in [0.2, 0.25) is 5.02 Å². The molecule has 1 fully saturated rings. The van der Waals surface area contributed by atoms with E-state index in [1.54, 1.807) is 24.3 Å². The molecule has 0 spiro atoms. The predicted octanol–water partition coefficient (Wildman–Crippen LogP) is 5.02. The third kappa shape index (κ3) is 3.62. The number of hydrogen-bond donors (Lipinski definition) is 0. The van der Waals surface area contributed by atoms with E-state index in [4.69, 9.17) is 11.6 Å². The van der Waals surface area contributed by atoms with Gasteiger partial charge in [-0.05, 0) is 25.1 Å². The minimum Gasteiger partial charge on any atom is -0.298 e. The van der Waals surface area contributed by atoms with Crippen molar-refractivity contribution in [2.24, 2.45) is 4.99 Å². The lowest BCUT2D eigenvalue weighted by atomic mass is 10.00. The maximum absolute atomic E-state index is 13.2. The first-order valence-electron chi connectivity index (χ1n) is 8.81. The van der Waals surface area contributed by atoms with Crippen molar-refractivity contribution in [3.8, 4) is 10.6 Å². The SMILES string of the molecule is Cc1sc(-c2ccc(Cl)cc2)nc1C1C(=O)C/C(=C\C2=CCC(F)C=N2)C1=O. The number of thiazole rings is 1. The van der Waals surface area contributed by atoms with E-state index in [-0.39, 0.29) is 24.4 Å². The number of carbonyl (C=O) groups excluding carboxylic acids is 2. The molecule has 2 unspecified atom stereocenters. The molecule has 1 aromatic heterocycles. The molecule has 0 bridgehead atoms. The van der Waals surface area contributed by atoms with E-state index in [1.165, 1.54) is 17.6 Å². The Labute approximate surface area is 170 Å². The average molecular weight is 415 g/mol. The molecule has 142 valence electrons. The number of nitrogens with zero attached hydrogens (tertiary/aromatic N) is 2. The lowest BCUT2D eigenvalue weighted by molar-refractivity contribution is -0.123. The van der Waals surface area contributed by atoms with Crippen LogP contribution in [0.5, 0.6) is 0 Å². The van der Waals surface area contributed by atoms with Crippen molar-refractivity contribution >= 4 is 40.7 Å². The Balaban J connectivity index is 1.63. The minimum atomic E-state index is -1.10. The van der Waals surface area contributed by atoms with Crippen molar-refractivity contribution < 1.29 is 14.0 Å². The summed E-state index contributed by atoms with van der Waals surface area (Å²) in [7, 11) is 0. The lowest BCUT2D eigenvalue weighted by Gasteiger charge is -2.06. The van der Waals surface area contributed by atoms with Crippen LogP contribution in [-0.2, 0) is 9.59 Å². The van der Waals surface area contributed by atoms with E-state index in [0.29, 0.717) is 22.0 Å². The zero-order valence-electron chi connectivity index (χ0n) is 15.0. The van der Waals surface area contributed by atoms with Gasteiger partial charge in [0.15, 0.2) is 11.6 Å². The monoisotopic (exact) mass is 414 g/mol. The molecule has 2 aliphatic rings. The molecule has 4 nitrogen and oxygen atoms in total. The highest BCUT2D eigenvalue weighted by Crippen LogP contribution is 2.38. The van der Waals surface area contributed by atoms with Gasteiger partial charge in [-0.3, -0.25) is 14.6 Å². The van der Waals surface area contributed by atoms with Gasteiger partial charge in [0.2, 0.25) is 0 Å². The zero-order valence-corrected chi connectivity index (χ0v) is 16.6. The van der Waals surface area contributed by atoms with Gasteiger partial charge in [-0.2, -0.15) is 0 Å². The molecule has 2 heterocycles. The highest BCUT2D eigenvalue weighted by atomic mass is 35.5. The number of allylic oxidation sites excluding steroid dienone is 3. The van der Waals surface area contributed by atoms with Gasteiger partial charge in [-0.25, -0.2) is 9.37 Å². The van der Waals surface area contributed by atoms with Crippen LogP contribution < -0.4 is 0 Å². The maximum atomic E-state index is 13.2. The van der Waals surface area contributed by atoms with Crippen LogP contribution in [0.4, 0.5) is 4.39 Å². The topological polar surface area (TPSA) is 59.4 Å². The van der Waals surface area contributed by atoms with E-state index in [2.05, 4.69) is 9.98 Å². The lowest BCUT2D eigenvalue weighted by Crippen LogP contribution is -2.14.